The molecule has 2 aliphatic heterocycles. The first-order valence-electron chi connectivity index (χ1n) is 9.30. The molecule has 0 aromatic heterocycles. The first-order valence-corrected chi connectivity index (χ1v) is 9.30. The number of methoxy groups -OCH3 is 1. The smallest absolute Gasteiger partial charge is 0.416 e. The Labute approximate surface area is 161 Å². The Hall–Kier alpha value is -2.13. The van der Waals surface area contributed by atoms with E-state index in [4.69, 9.17) is 10.6 Å². The lowest BCUT2D eigenvalue weighted by Gasteiger charge is -2.50. The largest absolute Gasteiger partial charge is 0.468 e. The fraction of sp³-hybridized carbons (Fsp3) is 0.579. The van der Waals surface area contributed by atoms with Gasteiger partial charge in [0, 0.05) is 17.6 Å². The van der Waals surface area contributed by atoms with Crippen LogP contribution in [0, 0.1) is 5.92 Å². The normalized spacial score (nSPS) is 25.9. The molecule has 2 bridgehead atoms. The van der Waals surface area contributed by atoms with Gasteiger partial charge in [0.2, 0.25) is 0 Å². The quantitative estimate of drug-likeness (QED) is 0.462. The number of nitrogens with one attached hydrogen (secondary N) is 1. The van der Waals surface area contributed by atoms with Gasteiger partial charge in [-0.2, -0.15) is 13.2 Å². The number of nitrogens with two attached hydrogens (primary N) is 1. The molecule has 2 saturated heterocycles. The zero-order valence-corrected chi connectivity index (χ0v) is 15.5. The number of halogens is 3. The van der Waals surface area contributed by atoms with Crippen LogP contribution in [0.3, 0.4) is 0 Å². The third-order valence-electron chi connectivity index (χ3n) is 5.81. The SMILES string of the molecule is COC(=O)C(NN)C1CC2CCCC(C1)N2C(=O)c1ccc(C(F)(F)F)cc1. The standard InChI is InChI=1S/C19H24F3N3O3/c1-28-18(27)16(24-23)12-9-14-3-2-4-15(10-12)25(14)17(26)11-5-7-13(8-6-11)19(20,21)22/h5-8,12,14-16,24H,2-4,9-10,23H2,1H3. The number of piperidine rings is 2. The first-order chi connectivity index (χ1) is 13.3. The van der Waals surface area contributed by atoms with E-state index >= 15 is 0 Å². The van der Waals surface area contributed by atoms with E-state index in [1.807, 2.05) is 0 Å². The van der Waals surface area contributed by atoms with Crippen LogP contribution in [0.15, 0.2) is 24.3 Å². The van der Waals surface area contributed by atoms with E-state index in [1.54, 1.807) is 4.90 Å². The molecule has 1 aromatic rings. The number of benzene rings is 1. The minimum atomic E-state index is -4.44. The fourth-order valence-corrected chi connectivity index (χ4v) is 4.50. The number of alkyl halides is 3. The molecule has 154 valence electrons. The van der Waals surface area contributed by atoms with Crippen molar-refractivity contribution in [1.82, 2.24) is 10.3 Å². The second-order valence-corrected chi connectivity index (χ2v) is 7.43. The van der Waals surface area contributed by atoms with E-state index in [2.05, 4.69) is 5.43 Å². The van der Waals surface area contributed by atoms with Crippen molar-refractivity contribution in [3.8, 4) is 0 Å². The highest BCUT2D eigenvalue weighted by Crippen LogP contribution is 2.39. The summed E-state index contributed by atoms with van der Waals surface area (Å²) in [6.45, 7) is 0. The molecule has 6 nitrogen and oxygen atoms in total. The van der Waals surface area contributed by atoms with Gasteiger partial charge in [0.15, 0.2) is 0 Å². The molecule has 0 spiro atoms. The van der Waals surface area contributed by atoms with Gasteiger partial charge < -0.3 is 9.64 Å². The van der Waals surface area contributed by atoms with E-state index < -0.39 is 23.8 Å². The molecule has 3 N–H and O–H groups in total. The minimum Gasteiger partial charge on any atom is -0.468 e. The van der Waals surface area contributed by atoms with Crippen LogP contribution in [-0.2, 0) is 15.7 Å². The molecule has 28 heavy (non-hydrogen) atoms. The maximum Gasteiger partial charge on any atom is 0.416 e. The number of hydrogen-bond donors (Lipinski definition) is 2. The number of ether oxygens (including phenoxy) is 1. The fourth-order valence-electron chi connectivity index (χ4n) is 4.50. The zero-order valence-electron chi connectivity index (χ0n) is 15.5. The molecular weight excluding hydrogens is 375 g/mol. The highest BCUT2D eigenvalue weighted by molar-refractivity contribution is 5.95. The summed E-state index contributed by atoms with van der Waals surface area (Å²) in [6.07, 6.45) is -0.707. The lowest BCUT2D eigenvalue weighted by molar-refractivity contribution is -0.146. The number of carbonyl (C=O) groups is 2. The zero-order chi connectivity index (χ0) is 20.5. The number of nitrogens with zero attached hydrogens (tertiary/aromatic N) is 1. The first kappa shape index (κ1) is 20.6. The molecule has 0 aliphatic carbocycles. The van der Waals surface area contributed by atoms with Crippen LogP contribution >= 0.6 is 0 Å². The van der Waals surface area contributed by atoms with Gasteiger partial charge in [-0.1, -0.05) is 0 Å². The predicted octanol–water partition coefficient (Wildman–Crippen LogP) is 2.48. The van der Waals surface area contributed by atoms with Crippen molar-refractivity contribution >= 4 is 11.9 Å². The van der Waals surface area contributed by atoms with Crippen LogP contribution in [0.1, 0.15) is 48.0 Å². The molecule has 9 heteroatoms. The van der Waals surface area contributed by atoms with Gasteiger partial charge >= 0.3 is 12.1 Å². The Morgan fingerprint density at radius 3 is 2.21 bits per heavy atom. The van der Waals surface area contributed by atoms with Crippen molar-refractivity contribution in [3.05, 3.63) is 35.4 Å². The number of hydrazine groups is 1. The molecular formula is C19H24F3N3O3. The Morgan fingerprint density at radius 1 is 1.18 bits per heavy atom. The summed E-state index contributed by atoms with van der Waals surface area (Å²) in [7, 11) is 1.30. The summed E-state index contributed by atoms with van der Waals surface area (Å²) in [4.78, 5) is 26.8. The number of fused-ring (bicyclic) bond motifs is 2. The van der Waals surface area contributed by atoms with Crippen LogP contribution in [0.5, 0.6) is 0 Å². The number of amides is 1. The van der Waals surface area contributed by atoms with Gasteiger partial charge in [-0.3, -0.25) is 15.4 Å². The van der Waals surface area contributed by atoms with Crippen LogP contribution < -0.4 is 11.3 Å². The van der Waals surface area contributed by atoms with Crippen LogP contribution in [-0.4, -0.2) is 42.0 Å². The lowest BCUT2D eigenvalue weighted by atomic mass is 9.75. The number of carbonyl (C=O) groups excluding carboxylic acids is 2. The Bertz CT molecular complexity index is 709. The minimum absolute atomic E-state index is 0.0654. The summed E-state index contributed by atoms with van der Waals surface area (Å²) in [5.41, 5.74) is 1.98. The van der Waals surface area contributed by atoms with Crippen LogP contribution in [0.25, 0.3) is 0 Å². The van der Waals surface area contributed by atoms with Gasteiger partial charge in [-0.05, 0) is 62.3 Å². The van der Waals surface area contributed by atoms with Gasteiger partial charge in [-0.25, -0.2) is 5.43 Å². The molecule has 3 rings (SSSR count). The van der Waals surface area contributed by atoms with E-state index in [0.717, 1.165) is 31.4 Å². The molecule has 0 radical (unpaired) electrons. The molecule has 3 unspecified atom stereocenters. The monoisotopic (exact) mass is 399 g/mol. The molecule has 2 heterocycles. The summed E-state index contributed by atoms with van der Waals surface area (Å²) in [6, 6.07) is 3.53. The van der Waals surface area contributed by atoms with Crippen molar-refractivity contribution in [2.45, 2.75) is 56.4 Å². The van der Waals surface area contributed by atoms with Gasteiger partial charge in [0.05, 0.1) is 12.7 Å². The molecule has 1 amide bonds. The lowest BCUT2D eigenvalue weighted by Crippen LogP contribution is -2.59. The van der Waals surface area contributed by atoms with Crippen molar-refractivity contribution in [2.24, 2.45) is 11.8 Å². The summed E-state index contributed by atoms with van der Waals surface area (Å²) < 4.78 is 43.1. The van der Waals surface area contributed by atoms with Gasteiger partial charge in [0.25, 0.3) is 5.91 Å². The maximum atomic E-state index is 13.0. The second kappa shape index (κ2) is 8.08. The number of hydrogen-bond acceptors (Lipinski definition) is 5. The van der Waals surface area contributed by atoms with Crippen LogP contribution in [0.4, 0.5) is 13.2 Å². The Balaban J connectivity index is 1.78. The van der Waals surface area contributed by atoms with E-state index in [9.17, 15) is 22.8 Å². The molecule has 2 fully saturated rings. The van der Waals surface area contributed by atoms with Crippen LogP contribution in [0.2, 0.25) is 0 Å². The summed E-state index contributed by atoms with van der Waals surface area (Å²) >= 11 is 0. The van der Waals surface area contributed by atoms with Gasteiger partial charge in [-0.15, -0.1) is 0 Å². The molecule has 3 atom stereocenters. The predicted molar refractivity (Wildman–Crippen MR) is 94.9 cm³/mol. The summed E-state index contributed by atoms with van der Waals surface area (Å²) in [5.74, 6) is 4.77. The highest BCUT2D eigenvalue weighted by atomic mass is 19.4. The number of esters is 1. The summed E-state index contributed by atoms with van der Waals surface area (Å²) in [5, 5.41) is 0. The van der Waals surface area contributed by atoms with Gasteiger partial charge in [0.1, 0.15) is 6.04 Å². The highest BCUT2D eigenvalue weighted by Gasteiger charge is 2.44. The molecule has 0 saturated carbocycles. The van der Waals surface area contributed by atoms with E-state index in [1.165, 1.54) is 19.2 Å². The average Bonchev–Trinajstić information content (AvgIpc) is 2.66. The van der Waals surface area contributed by atoms with Crippen molar-refractivity contribution in [2.75, 3.05) is 7.11 Å². The molecule has 2 aliphatic rings. The Morgan fingerprint density at radius 2 is 1.75 bits per heavy atom. The maximum absolute atomic E-state index is 13.0. The second-order valence-electron chi connectivity index (χ2n) is 7.43. The van der Waals surface area contributed by atoms with Crippen molar-refractivity contribution < 1.29 is 27.5 Å². The van der Waals surface area contributed by atoms with Crippen molar-refractivity contribution in [1.29, 1.82) is 0 Å². The van der Waals surface area contributed by atoms with E-state index in [-0.39, 0.29) is 29.5 Å². The molecule has 1 aromatic carbocycles. The van der Waals surface area contributed by atoms with Crippen molar-refractivity contribution in [3.63, 3.8) is 0 Å². The Kier molecular flexibility index (Phi) is 5.95. The topological polar surface area (TPSA) is 84.7 Å². The third kappa shape index (κ3) is 4.00. The third-order valence-corrected chi connectivity index (χ3v) is 5.81. The average molecular weight is 399 g/mol. The number of rotatable bonds is 4. The van der Waals surface area contributed by atoms with E-state index in [0.29, 0.717) is 12.8 Å².